The minimum atomic E-state index is 0.686. The van der Waals surface area contributed by atoms with E-state index in [1.54, 1.807) is 0 Å². The monoisotopic (exact) mass is 366 g/mol. The standard InChI is InChI=1S/C21H23ClN4/c22-16-10-12-17(13-11-16)24-20-18-8-4-5-9-19(18)25-21(26-20)23-14-15-6-2-1-3-7-15/h4-5,8-13,15H,1-3,6-7,14H2,(H2,23,24,25,26). The number of nitrogens with zero attached hydrogens (tertiary/aromatic N) is 2. The predicted octanol–water partition coefficient (Wildman–Crippen LogP) is 6.02. The number of aromatic nitrogens is 2. The van der Waals surface area contributed by atoms with Crippen molar-refractivity contribution in [2.45, 2.75) is 32.1 Å². The van der Waals surface area contributed by atoms with E-state index in [1.165, 1.54) is 32.1 Å². The van der Waals surface area contributed by atoms with E-state index in [2.05, 4.69) is 10.6 Å². The fourth-order valence-corrected chi connectivity index (χ4v) is 3.67. The maximum atomic E-state index is 5.99. The molecular formula is C21H23ClN4. The molecule has 0 amide bonds. The number of anilines is 3. The van der Waals surface area contributed by atoms with Gasteiger partial charge in [-0.25, -0.2) is 4.98 Å². The van der Waals surface area contributed by atoms with Crippen LogP contribution in [-0.2, 0) is 0 Å². The van der Waals surface area contributed by atoms with Gasteiger partial charge in [-0.15, -0.1) is 0 Å². The van der Waals surface area contributed by atoms with Crippen molar-refractivity contribution < 1.29 is 0 Å². The van der Waals surface area contributed by atoms with Crippen molar-refractivity contribution in [2.24, 2.45) is 5.92 Å². The van der Waals surface area contributed by atoms with Crippen LogP contribution >= 0.6 is 11.6 Å². The molecule has 0 spiro atoms. The molecule has 1 aromatic heterocycles. The summed E-state index contributed by atoms with van der Waals surface area (Å²) < 4.78 is 0. The molecule has 4 nitrogen and oxygen atoms in total. The van der Waals surface area contributed by atoms with Crippen molar-refractivity contribution in [1.82, 2.24) is 9.97 Å². The molecule has 26 heavy (non-hydrogen) atoms. The minimum absolute atomic E-state index is 0.686. The molecule has 5 heteroatoms. The summed E-state index contributed by atoms with van der Waals surface area (Å²) in [5.41, 5.74) is 1.89. The number of fused-ring (bicyclic) bond motifs is 1. The number of para-hydroxylation sites is 1. The lowest BCUT2D eigenvalue weighted by Gasteiger charge is -2.22. The molecule has 1 aliphatic carbocycles. The summed E-state index contributed by atoms with van der Waals surface area (Å²) in [5.74, 6) is 2.22. The van der Waals surface area contributed by atoms with Gasteiger partial charge in [0.05, 0.1) is 5.52 Å². The maximum Gasteiger partial charge on any atom is 0.225 e. The van der Waals surface area contributed by atoms with Crippen molar-refractivity contribution in [3.8, 4) is 0 Å². The highest BCUT2D eigenvalue weighted by Gasteiger charge is 2.14. The molecule has 4 rings (SSSR count). The number of nitrogens with one attached hydrogen (secondary N) is 2. The molecule has 0 aliphatic heterocycles. The van der Waals surface area contributed by atoms with Crippen molar-refractivity contribution in [3.05, 3.63) is 53.6 Å². The molecule has 1 aliphatic rings. The SMILES string of the molecule is Clc1ccc(Nc2nc(NCC3CCCCC3)nc3ccccc23)cc1. The Morgan fingerprint density at radius 2 is 1.69 bits per heavy atom. The average molecular weight is 367 g/mol. The second-order valence-corrected chi connectivity index (χ2v) is 7.37. The predicted molar refractivity (Wildman–Crippen MR) is 109 cm³/mol. The highest BCUT2D eigenvalue weighted by Crippen LogP contribution is 2.27. The summed E-state index contributed by atoms with van der Waals surface area (Å²) in [4.78, 5) is 9.43. The molecule has 134 valence electrons. The van der Waals surface area contributed by atoms with E-state index >= 15 is 0 Å². The Balaban J connectivity index is 1.58. The van der Waals surface area contributed by atoms with E-state index in [1.807, 2.05) is 48.5 Å². The zero-order valence-electron chi connectivity index (χ0n) is 14.7. The Morgan fingerprint density at radius 3 is 2.50 bits per heavy atom. The Hall–Kier alpha value is -2.33. The van der Waals surface area contributed by atoms with Crippen LogP contribution in [0, 0.1) is 5.92 Å². The number of rotatable bonds is 5. The van der Waals surface area contributed by atoms with Gasteiger partial charge in [0.25, 0.3) is 0 Å². The van der Waals surface area contributed by atoms with E-state index in [9.17, 15) is 0 Å². The van der Waals surface area contributed by atoms with Crippen LogP contribution in [-0.4, -0.2) is 16.5 Å². The van der Waals surface area contributed by atoms with Crippen LogP contribution in [0.1, 0.15) is 32.1 Å². The second kappa shape index (κ2) is 7.92. The highest BCUT2D eigenvalue weighted by atomic mass is 35.5. The fraction of sp³-hybridized carbons (Fsp3) is 0.333. The molecule has 0 atom stereocenters. The van der Waals surface area contributed by atoms with Crippen molar-refractivity contribution in [1.29, 1.82) is 0 Å². The summed E-state index contributed by atoms with van der Waals surface area (Å²) >= 11 is 5.99. The summed E-state index contributed by atoms with van der Waals surface area (Å²) in [6.45, 7) is 0.943. The van der Waals surface area contributed by atoms with Gasteiger partial charge in [0, 0.05) is 22.6 Å². The summed E-state index contributed by atoms with van der Waals surface area (Å²) in [7, 11) is 0. The van der Waals surface area contributed by atoms with E-state index in [0.717, 1.165) is 39.9 Å². The quantitative estimate of drug-likeness (QED) is 0.579. The third kappa shape index (κ3) is 4.07. The molecule has 1 fully saturated rings. The first-order valence-corrected chi connectivity index (χ1v) is 9.69. The third-order valence-corrected chi connectivity index (χ3v) is 5.24. The van der Waals surface area contributed by atoms with Crippen LogP contribution in [0.15, 0.2) is 48.5 Å². The topological polar surface area (TPSA) is 49.8 Å². The number of halogens is 1. The summed E-state index contributed by atoms with van der Waals surface area (Å²) in [6, 6.07) is 15.7. The van der Waals surface area contributed by atoms with Gasteiger partial charge in [0.2, 0.25) is 5.95 Å². The molecule has 0 radical (unpaired) electrons. The fourth-order valence-electron chi connectivity index (χ4n) is 3.55. The lowest BCUT2D eigenvalue weighted by molar-refractivity contribution is 0.373. The van der Waals surface area contributed by atoms with E-state index in [-0.39, 0.29) is 0 Å². The van der Waals surface area contributed by atoms with Gasteiger partial charge in [-0.05, 0) is 55.2 Å². The molecule has 1 heterocycles. The Morgan fingerprint density at radius 1 is 0.923 bits per heavy atom. The zero-order chi connectivity index (χ0) is 17.8. The van der Waals surface area contributed by atoms with Crippen molar-refractivity contribution in [2.75, 3.05) is 17.2 Å². The Kier molecular flexibility index (Phi) is 5.21. The van der Waals surface area contributed by atoms with Gasteiger partial charge in [0.1, 0.15) is 5.82 Å². The molecule has 2 N–H and O–H groups in total. The van der Waals surface area contributed by atoms with Gasteiger partial charge < -0.3 is 10.6 Å². The lowest BCUT2D eigenvalue weighted by atomic mass is 9.89. The summed E-state index contributed by atoms with van der Waals surface area (Å²) in [5, 5.41) is 8.59. The number of hydrogen-bond acceptors (Lipinski definition) is 4. The van der Waals surface area contributed by atoms with Crippen LogP contribution in [0.4, 0.5) is 17.5 Å². The number of benzene rings is 2. The van der Waals surface area contributed by atoms with Crippen LogP contribution in [0.2, 0.25) is 5.02 Å². The van der Waals surface area contributed by atoms with Crippen LogP contribution in [0.5, 0.6) is 0 Å². The Bertz CT molecular complexity index is 873. The second-order valence-electron chi connectivity index (χ2n) is 6.93. The van der Waals surface area contributed by atoms with E-state index in [0.29, 0.717) is 5.95 Å². The molecule has 1 saturated carbocycles. The lowest BCUT2D eigenvalue weighted by Crippen LogP contribution is -2.18. The molecule has 0 bridgehead atoms. The first-order chi connectivity index (χ1) is 12.8. The molecule has 2 aromatic carbocycles. The Labute approximate surface area is 159 Å². The largest absolute Gasteiger partial charge is 0.354 e. The first kappa shape index (κ1) is 17.1. The minimum Gasteiger partial charge on any atom is -0.354 e. The first-order valence-electron chi connectivity index (χ1n) is 9.31. The van der Waals surface area contributed by atoms with E-state index in [4.69, 9.17) is 21.6 Å². The molecule has 0 saturated heterocycles. The molecule has 3 aromatic rings. The van der Waals surface area contributed by atoms with Crippen LogP contribution in [0.25, 0.3) is 10.9 Å². The summed E-state index contributed by atoms with van der Waals surface area (Å²) in [6.07, 6.45) is 6.66. The number of hydrogen-bond donors (Lipinski definition) is 2. The zero-order valence-corrected chi connectivity index (χ0v) is 15.5. The van der Waals surface area contributed by atoms with Gasteiger partial charge in [0.15, 0.2) is 0 Å². The third-order valence-electron chi connectivity index (χ3n) is 4.98. The van der Waals surface area contributed by atoms with Gasteiger partial charge in [-0.2, -0.15) is 4.98 Å². The van der Waals surface area contributed by atoms with Crippen LogP contribution < -0.4 is 10.6 Å². The van der Waals surface area contributed by atoms with Gasteiger partial charge in [-0.3, -0.25) is 0 Å². The van der Waals surface area contributed by atoms with Crippen molar-refractivity contribution >= 4 is 40.0 Å². The maximum absolute atomic E-state index is 5.99. The smallest absolute Gasteiger partial charge is 0.225 e. The highest BCUT2D eigenvalue weighted by molar-refractivity contribution is 6.30. The van der Waals surface area contributed by atoms with Crippen molar-refractivity contribution in [3.63, 3.8) is 0 Å². The van der Waals surface area contributed by atoms with Gasteiger partial charge in [-0.1, -0.05) is 43.0 Å². The average Bonchev–Trinajstić information content (AvgIpc) is 2.69. The van der Waals surface area contributed by atoms with Crippen LogP contribution in [0.3, 0.4) is 0 Å². The molecular weight excluding hydrogens is 344 g/mol. The normalized spacial score (nSPS) is 15.1. The molecule has 0 unspecified atom stereocenters. The van der Waals surface area contributed by atoms with Gasteiger partial charge >= 0.3 is 0 Å². The van der Waals surface area contributed by atoms with E-state index < -0.39 is 0 Å².